The molecule has 1 aromatic carbocycles. The lowest BCUT2D eigenvalue weighted by molar-refractivity contribution is -0.154. The molecule has 0 saturated carbocycles. The lowest BCUT2D eigenvalue weighted by Crippen LogP contribution is -2.49. The molecule has 6 nitrogen and oxygen atoms in total. The van der Waals surface area contributed by atoms with Crippen molar-refractivity contribution in [2.75, 3.05) is 25.0 Å². The summed E-state index contributed by atoms with van der Waals surface area (Å²) in [6.07, 6.45) is -1.02. The molecule has 2 N–H and O–H groups in total. The van der Waals surface area contributed by atoms with E-state index in [-0.39, 0.29) is 13.2 Å². The summed E-state index contributed by atoms with van der Waals surface area (Å²) in [7, 11) is 0. The Morgan fingerprint density at radius 3 is 2.90 bits per heavy atom. The molecule has 1 aliphatic heterocycles. The third-order valence-electron chi connectivity index (χ3n) is 2.80. The van der Waals surface area contributed by atoms with Gasteiger partial charge in [0.2, 0.25) is 0 Å². The maximum atomic E-state index is 12.9. The van der Waals surface area contributed by atoms with Crippen molar-refractivity contribution in [3.63, 3.8) is 0 Å². The van der Waals surface area contributed by atoms with E-state index in [2.05, 4.69) is 21.2 Å². The Morgan fingerprint density at radius 1 is 1.50 bits per heavy atom. The number of rotatable bonds is 2. The van der Waals surface area contributed by atoms with Crippen LogP contribution < -0.4 is 5.32 Å². The second-order valence-corrected chi connectivity index (χ2v) is 5.05. The highest BCUT2D eigenvalue weighted by Crippen LogP contribution is 2.23. The maximum Gasteiger partial charge on any atom is 0.334 e. The van der Waals surface area contributed by atoms with Gasteiger partial charge < -0.3 is 20.1 Å². The van der Waals surface area contributed by atoms with E-state index in [4.69, 9.17) is 9.84 Å². The third-order valence-corrected chi connectivity index (χ3v) is 3.46. The minimum atomic E-state index is -1.11. The first-order valence-corrected chi connectivity index (χ1v) is 6.62. The number of hydrogen-bond acceptors (Lipinski definition) is 3. The molecule has 1 fully saturated rings. The predicted molar refractivity (Wildman–Crippen MR) is 72.1 cm³/mol. The van der Waals surface area contributed by atoms with Gasteiger partial charge in [0.05, 0.1) is 18.8 Å². The summed E-state index contributed by atoms with van der Waals surface area (Å²) in [6.45, 7) is 0.434. The summed E-state index contributed by atoms with van der Waals surface area (Å²) in [6, 6.07) is 3.42. The van der Waals surface area contributed by atoms with Gasteiger partial charge in [-0.3, -0.25) is 0 Å². The number of anilines is 1. The Balaban J connectivity index is 2.02. The number of carboxylic acid groups (broad SMARTS) is 1. The second-order valence-electron chi connectivity index (χ2n) is 4.20. The number of nitrogens with one attached hydrogen (secondary N) is 1. The Bertz CT molecular complexity index is 540. The minimum Gasteiger partial charge on any atom is -0.479 e. The number of hydrogen-bond donors (Lipinski definition) is 2. The van der Waals surface area contributed by atoms with Crippen molar-refractivity contribution >= 4 is 33.6 Å². The lowest BCUT2D eigenvalue weighted by atomic mass is 10.3. The summed E-state index contributed by atoms with van der Waals surface area (Å²) in [4.78, 5) is 24.2. The second kappa shape index (κ2) is 6.19. The molecular weight excluding hydrogens is 335 g/mol. The Labute approximate surface area is 122 Å². The highest BCUT2D eigenvalue weighted by molar-refractivity contribution is 9.10. The first-order chi connectivity index (χ1) is 9.47. The summed E-state index contributed by atoms with van der Waals surface area (Å²) in [5, 5.41) is 11.5. The monoisotopic (exact) mass is 346 g/mol. The highest BCUT2D eigenvalue weighted by atomic mass is 79.9. The average molecular weight is 347 g/mol. The first kappa shape index (κ1) is 14.7. The number of morpholine rings is 1. The van der Waals surface area contributed by atoms with Crippen molar-refractivity contribution in [3.8, 4) is 0 Å². The largest absolute Gasteiger partial charge is 0.479 e. The molecule has 8 heteroatoms. The molecule has 0 aromatic heterocycles. The number of carbonyl (C=O) groups is 2. The molecule has 20 heavy (non-hydrogen) atoms. The molecule has 1 unspecified atom stereocenters. The van der Waals surface area contributed by atoms with Crippen LogP contribution in [0.3, 0.4) is 0 Å². The molecule has 2 amide bonds. The number of nitrogens with zero attached hydrogens (tertiary/aromatic N) is 1. The number of halogens is 2. The summed E-state index contributed by atoms with van der Waals surface area (Å²) in [5.41, 5.74) is 0.412. The van der Waals surface area contributed by atoms with Gasteiger partial charge in [-0.15, -0.1) is 0 Å². The van der Waals surface area contributed by atoms with Crippen LogP contribution in [0.25, 0.3) is 0 Å². The molecule has 0 spiro atoms. The molecular formula is C12H12BrFN2O4. The molecule has 0 bridgehead atoms. The number of urea groups is 1. The fraction of sp³-hybridized carbons (Fsp3) is 0.333. The SMILES string of the molecule is O=C(O)C1CN(C(=O)Nc2ccc(F)cc2Br)CCO1. The standard InChI is InChI=1S/C12H12BrFN2O4/c13-8-5-7(14)1-2-9(8)15-12(19)16-3-4-20-10(6-16)11(17)18/h1-2,5,10H,3-4,6H2,(H,15,19)(H,17,18). The number of carboxylic acids is 1. The van der Waals surface area contributed by atoms with E-state index in [1.54, 1.807) is 0 Å². The topological polar surface area (TPSA) is 78.9 Å². The van der Waals surface area contributed by atoms with Crippen LogP contribution >= 0.6 is 15.9 Å². The number of carbonyl (C=O) groups excluding carboxylic acids is 1. The van der Waals surface area contributed by atoms with Crippen LogP contribution in [0.2, 0.25) is 0 Å². The summed E-state index contributed by atoms with van der Waals surface area (Å²) >= 11 is 3.14. The van der Waals surface area contributed by atoms with Crippen molar-refractivity contribution in [2.24, 2.45) is 0 Å². The molecule has 2 rings (SSSR count). The van der Waals surface area contributed by atoms with E-state index in [0.29, 0.717) is 16.7 Å². The smallest absolute Gasteiger partial charge is 0.334 e. The Hall–Kier alpha value is -1.67. The van der Waals surface area contributed by atoms with Crippen molar-refractivity contribution in [3.05, 3.63) is 28.5 Å². The molecule has 1 heterocycles. The summed E-state index contributed by atoms with van der Waals surface area (Å²) < 4.78 is 18.4. The van der Waals surface area contributed by atoms with Crippen molar-refractivity contribution < 1.29 is 23.8 Å². The zero-order valence-corrected chi connectivity index (χ0v) is 11.9. The van der Waals surface area contributed by atoms with Crippen LogP contribution in [-0.4, -0.2) is 47.8 Å². The zero-order chi connectivity index (χ0) is 14.7. The fourth-order valence-electron chi connectivity index (χ4n) is 1.77. The van der Waals surface area contributed by atoms with Gasteiger partial charge in [0, 0.05) is 11.0 Å². The number of amides is 2. The quantitative estimate of drug-likeness (QED) is 0.857. The molecule has 108 valence electrons. The van der Waals surface area contributed by atoms with Crippen LogP contribution in [0, 0.1) is 5.82 Å². The van der Waals surface area contributed by atoms with Gasteiger partial charge >= 0.3 is 12.0 Å². The lowest BCUT2D eigenvalue weighted by Gasteiger charge is -2.30. The Morgan fingerprint density at radius 2 is 2.25 bits per heavy atom. The normalized spacial score (nSPS) is 18.7. The molecule has 0 radical (unpaired) electrons. The average Bonchev–Trinajstić information content (AvgIpc) is 2.42. The van der Waals surface area contributed by atoms with Crippen LogP contribution in [0.15, 0.2) is 22.7 Å². The van der Waals surface area contributed by atoms with Crippen LogP contribution in [0.5, 0.6) is 0 Å². The van der Waals surface area contributed by atoms with Gasteiger partial charge in [-0.2, -0.15) is 0 Å². The van der Waals surface area contributed by atoms with Crippen LogP contribution in [0.4, 0.5) is 14.9 Å². The summed E-state index contributed by atoms with van der Waals surface area (Å²) in [5.74, 6) is -1.53. The van der Waals surface area contributed by atoms with E-state index in [9.17, 15) is 14.0 Å². The first-order valence-electron chi connectivity index (χ1n) is 5.83. The van der Waals surface area contributed by atoms with Crippen LogP contribution in [-0.2, 0) is 9.53 Å². The zero-order valence-electron chi connectivity index (χ0n) is 10.3. The van der Waals surface area contributed by atoms with E-state index in [0.717, 1.165) is 0 Å². The van der Waals surface area contributed by atoms with Gasteiger partial charge in [0.15, 0.2) is 6.10 Å². The third kappa shape index (κ3) is 3.45. The predicted octanol–water partition coefficient (Wildman–Crippen LogP) is 1.91. The number of benzene rings is 1. The minimum absolute atomic E-state index is 0.0278. The van der Waals surface area contributed by atoms with Crippen molar-refractivity contribution in [1.82, 2.24) is 4.90 Å². The highest BCUT2D eigenvalue weighted by Gasteiger charge is 2.29. The molecule has 1 atom stereocenters. The van der Waals surface area contributed by atoms with Crippen molar-refractivity contribution in [2.45, 2.75) is 6.10 Å². The number of ether oxygens (including phenoxy) is 1. The van der Waals surface area contributed by atoms with E-state index >= 15 is 0 Å². The number of aliphatic carboxylic acids is 1. The Kier molecular flexibility index (Phi) is 4.56. The molecule has 0 aliphatic carbocycles. The molecule has 1 saturated heterocycles. The maximum absolute atomic E-state index is 12.9. The fourth-order valence-corrected chi connectivity index (χ4v) is 2.22. The van der Waals surface area contributed by atoms with Crippen molar-refractivity contribution in [1.29, 1.82) is 0 Å². The van der Waals surface area contributed by atoms with E-state index < -0.39 is 23.9 Å². The van der Waals surface area contributed by atoms with Gasteiger partial charge in [0.1, 0.15) is 5.82 Å². The van der Waals surface area contributed by atoms with Gasteiger partial charge in [-0.1, -0.05) is 0 Å². The van der Waals surface area contributed by atoms with Crippen LogP contribution in [0.1, 0.15) is 0 Å². The van der Waals surface area contributed by atoms with E-state index in [1.165, 1.54) is 23.1 Å². The van der Waals surface area contributed by atoms with Gasteiger partial charge in [-0.25, -0.2) is 14.0 Å². The molecule has 1 aromatic rings. The van der Waals surface area contributed by atoms with E-state index in [1.807, 2.05) is 0 Å². The molecule has 1 aliphatic rings. The van der Waals surface area contributed by atoms with Gasteiger partial charge in [-0.05, 0) is 34.1 Å². The van der Waals surface area contributed by atoms with Gasteiger partial charge in [0.25, 0.3) is 0 Å².